The Morgan fingerprint density at radius 2 is 1.88 bits per heavy atom. The smallest absolute Gasteiger partial charge is 0.251 e. The Kier molecular flexibility index (Phi) is 5.93. The fraction of sp³-hybridized carbons (Fsp3) is 0.389. The van der Waals surface area contributed by atoms with Crippen molar-refractivity contribution in [3.63, 3.8) is 0 Å². The minimum absolute atomic E-state index is 0.0293. The van der Waals surface area contributed by atoms with Crippen molar-refractivity contribution >= 4 is 17.7 Å². The van der Waals surface area contributed by atoms with Crippen LogP contribution in [0.15, 0.2) is 24.3 Å². The number of nitrogens with one attached hydrogen (secondary N) is 1. The van der Waals surface area contributed by atoms with Crippen molar-refractivity contribution in [1.29, 1.82) is 0 Å². The highest BCUT2D eigenvalue weighted by Crippen LogP contribution is 2.16. The summed E-state index contributed by atoms with van der Waals surface area (Å²) < 4.78 is 25.6. The van der Waals surface area contributed by atoms with E-state index in [1.54, 1.807) is 17.0 Å². The molecule has 3 unspecified atom stereocenters. The second kappa shape index (κ2) is 7.95. The number of hydrogen-bond donors (Lipinski definition) is 2. The quantitative estimate of drug-likeness (QED) is 0.597. The molecule has 2 rings (SSSR count). The van der Waals surface area contributed by atoms with Crippen LogP contribution in [0.2, 0.25) is 0 Å². The number of primary amides is 1. The summed E-state index contributed by atoms with van der Waals surface area (Å²) in [6, 6.07) is 4.59. The molecule has 3 atom stereocenters. The van der Waals surface area contributed by atoms with Crippen molar-refractivity contribution in [1.82, 2.24) is 10.2 Å². The molecule has 1 aliphatic heterocycles. The molecule has 3 amide bonds. The molecule has 1 aromatic carbocycles. The zero-order valence-electron chi connectivity index (χ0n) is 14.3. The number of carbonyl (C=O) groups excluding carboxylic acids is 3. The van der Waals surface area contributed by atoms with Gasteiger partial charge in [-0.15, -0.1) is 0 Å². The number of nitrogens with zero attached hydrogens (tertiary/aromatic N) is 1. The molecule has 1 aromatic rings. The summed E-state index contributed by atoms with van der Waals surface area (Å²) in [5.74, 6) is 2.71. The van der Waals surface area contributed by atoms with Crippen molar-refractivity contribution in [2.24, 2.45) is 11.7 Å². The van der Waals surface area contributed by atoms with Gasteiger partial charge in [-0.05, 0) is 24.3 Å². The number of amides is 3. The first-order chi connectivity index (χ1) is 12.2. The number of halogens is 2. The molecular formula is C18H19F2N3O3. The van der Waals surface area contributed by atoms with Crippen LogP contribution in [0, 0.1) is 17.8 Å². The highest BCUT2D eigenvalue weighted by Gasteiger charge is 2.34. The topological polar surface area (TPSA) is 92.3 Å². The van der Waals surface area contributed by atoms with Crippen LogP contribution >= 0.6 is 0 Å². The number of nitrogens with two attached hydrogens (primary N) is 1. The Labute approximate surface area is 149 Å². The van der Waals surface area contributed by atoms with Gasteiger partial charge in [0.15, 0.2) is 0 Å². The predicted octanol–water partition coefficient (Wildman–Crippen LogP) is 0.754. The SMILES string of the molecule is CC(=O)N1CC1C#Cc1ccc(C(=O)NC(C(N)=O)C(C)C(F)F)cc1. The van der Waals surface area contributed by atoms with E-state index in [0.717, 1.165) is 6.92 Å². The summed E-state index contributed by atoms with van der Waals surface area (Å²) in [6.07, 6.45) is -2.79. The van der Waals surface area contributed by atoms with E-state index in [0.29, 0.717) is 12.1 Å². The highest BCUT2D eigenvalue weighted by molar-refractivity contribution is 5.97. The summed E-state index contributed by atoms with van der Waals surface area (Å²) in [5.41, 5.74) is 5.94. The number of rotatable bonds is 5. The lowest BCUT2D eigenvalue weighted by Gasteiger charge is -2.21. The molecule has 3 N–H and O–H groups in total. The molecule has 0 spiro atoms. The molecule has 0 aliphatic carbocycles. The van der Waals surface area contributed by atoms with Gasteiger partial charge >= 0.3 is 0 Å². The molecule has 0 bridgehead atoms. The number of carbonyl (C=O) groups is 3. The first kappa shape index (κ1) is 19.4. The first-order valence-electron chi connectivity index (χ1n) is 7.98. The van der Waals surface area contributed by atoms with Crippen molar-refractivity contribution in [2.45, 2.75) is 32.4 Å². The Morgan fingerprint density at radius 1 is 1.27 bits per heavy atom. The third-order valence-electron chi connectivity index (χ3n) is 4.06. The van der Waals surface area contributed by atoms with Gasteiger partial charge in [0.2, 0.25) is 18.2 Å². The molecular weight excluding hydrogens is 344 g/mol. The van der Waals surface area contributed by atoms with Crippen molar-refractivity contribution in [3.8, 4) is 11.8 Å². The fourth-order valence-corrected chi connectivity index (χ4v) is 2.31. The average molecular weight is 363 g/mol. The van der Waals surface area contributed by atoms with Gasteiger partial charge < -0.3 is 16.0 Å². The van der Waals surface area contributed by atoms with Crippen LogP contribution in [-0.4, -0.2) is 47.7 Å². The second-order valence-electron chi connectivity index (χ2n) is 6.08. The van der Waals surface area contributed by atoms with Crippen LogP contribution < -0.4 is 11.1 Å². The van der Waals surface area contributed by atoms with Gasteiger partial charge in [-0.25, -0.2) is 8.78 Å². The highest BCUT2D eigenvalue weighted by atomic mass is 19.3. The van der Waals surface area contributed by atoms with Gasteiger partial charge in [-0.3, -0.25) is 14.4 Å². The average Bonchev–Trinajstić information content (AvgIpc) is 3.37. The van der Waals surface area contributed by atoms with Crippen molar-refractivity contribution in [3.05, 3.63) is 35.4 Å². The van der Waals surface area contributed by atoms with Crippen LogP contribution in [0.5, 0.6) is 0 Å². The number of hydrogen-bond acceptors (Lipinski definition) is 3. The Morgan fingerprint density at radius 3 is 2.35 bits per heavy atom. The molecule has 138 valence electrons. The predicted molar refractivity (Wildman–Crippen MR) is 90.1 cm³/mol. The Balaban J connectivity index is 2.01. The minimum Gasteiger partial charge on any atom is -0.368 e. The summed E-state index contributed by atoms with van der Waals surface area (Å²) in [7, 11) is 0. The van der Waals surface area contributed by atoms with E-state index >= 15 is 0 Å². The van der Waals surface area contributed by atoms with E-state index < -0.39 is 30.2 Å². The van der Waals surface area contributed by atoms with Crippen LogP contribution in [0.1, 0.15) is 29.8 Å². The third kappa shape index (κ3) is 4.79. The van der Waals surface area contributed by atoms with Crippen LogP contribution in [0.3, 0.4) is 0 Å². The normalized spacial score (nSPS) is 17.7. The van der Waals surface area contributed by atoms with Crippen LogP contribution in [-0.2, 0) is 9.59 Å². The monoisotopic (exact) mass is 363 g/mol. The standard InChI is InChI=1S/C18H19F2N3O3/c1-10(16(19)20)15(17(21)25)22-18(26)13-6-3-12(4-7-13)5-8-14-9-23(14)11(2)24/h3-4,6-7,10,14-16H,9H2,1-2H3,(H2,21,25)(H,22,26). The van der Waals surface area contributed by atoms with E-state index in [1.807, 2.05) is 0 Å². The molecule has 0 radical (unpaired) electrons. The first-order valence-corrected chi connectivity index (χ1v) is 7.98. The van der Waals surface area contributed by atoms with Gasteiger partial charge in [0.1, 0.15) is 12.1 Å². The summed E-state index contributed by atoms with van der Waals surface area (Å²) in [5, 5.41) is 2.24. The lowest BCUT2D eigenvalue weighted by Crippen LogP contribution is -2.50. The number of alkyl halides is 2. The van der Waals surface area contributed by atoms with Crippen molar-refractivity contribution in [2.75, 3.05) is 6.54 Å². The van der Waals surface area contributed by atoms with Gasteiger partial charge in [0.25, 0.3) is 5.91 Å². The largest absolute Gasteiger partial charge is 0.368 e. The van der Waals surface area contributed by atoms with Gasteiger partial charge in [-0.2, -0.15) is 0 Å². The van der Waals surface area contributed by atoms with Crippen LogP contribution in [0.4, 0.5) is 8.78 Å². The lowest BCUT2D eigenvalue weighted by atomic mass is 10.0. The maximum atomic E-state index is 12.8. The van der Waals surface area contributed by atoms with E-state index in [1.165, 1.54) is 19.1 Å². The molecule has 0 saturated carbocycles. The summed E-state index contributed by atoms with van der Waals surface area (Å²) in [4.78, 5) is 36.2. The summed E-state index contributed by atoms with van der Waals surface area (Å²) >= 11 is 0. The third-order valence-corrected chi connectivity index (χ3v) is 4.06. The zero-order chi connectivity index (χ0) is 19.4. The van der Waals surface area contributed by atoms with Crippen molar-refractivity contribution < 1.29 is 23.2 Å². The maximum absolute atomic E-state index is 12.8. The van der Waals surface area contributed by atoms with E-state index in [2.05, 4.69) is 17.2 Å². The minimum atomic E-state index is -2.79. The Hall–Kier alpha value is -2.95. The van der Waals surface area contributed by atoms with E-state index in [9.17, 15) is 23.2 Å². The summed E-state index contributed by atoms with van der Waals surface area (Å²) in [6.45, 7) is 3.23. The fourth-order valence-electron chi connectivity index (χ4n) is 2.31. The van der Waals surface area contributed by atoms with E-state index in [-0.39, 0.29) is 17.5 Å². The van der Waals surface area contributed by atoms with Crippen LogP contribution in [0.25, 0.3) is 0 Å². The zero-order valence-corrected chi connectivity index (χ0v) is 14.3. The van der Waals surface area contributed by atoms with Gasteiger partial charge in [0.05, 0.1) is 6.54 Å². The molecule has 1 fully saturated rings. The Bertz CT molecular complexity index is 768. The van der Waals surface area contributed by atoms with Gasteiger partial charge in [-0.1, -0.05) is 18.8 Å². The maximum Gasteiger partial charge on any atom is 0.251 e. The molecule has 26 heavy (non-hydrogen) atoms. The van der Waals surface area contributed by atoms with Gasteiger partial charge in [0, 0.05) is 24.0 Å². The molecule has 0 aromatic heterocycles. The molecule has 1 aliphatic rings. The molecule has 1 saturated heterocycles. The lowest BCUT2D eigenvalue weighted by molar-refractivity contribution is -0.124. The molecule has 1 heterocycles. The molecule has 6 nitrogen and oxygen atoms in total. The second-order valence-corrected chi connectivity index (χ2v) is 6.08. The number of benzene rings is 1. The molecule has 8 heteroatoms. The van der Waals surface area contributed by atoms with E-state index in [4.69, 9.17) is 5.73 Å².